The van der Waals surface area contributed by atoms with Gasteiger partial charge in [-0.15, -0.1) is 0 Å². The molecular weight excluding hydrogens is 485 g/mol. The second kappa shape index (κ2) is 9.52. The van der Waals surface area contributed by atoms with Crippen LogP contribution in [0.5, 0.6) is 11.5 Å². The number of ether oxygens (including phenoxy) is 2. The van der Waals surface area contributed by atoms with Gasteiger partial charge in [0.05, 0.1) is 24.1 Å². The minimum absolute atomic E-state index is 0.0357. The molecule has 0 N–H and O–H groups in total. The molecule has 6 nitrogen and oxygen atoms in total. The van der Waals surface area contributed by atoms with Gasteiger partial charge in [0.25, 0.3) is 5.91 Å². The van der Waals surface area contributed by atoms with E-state index in [0.29, 0.717) is 40.3 Å². The zero-order valence-corrected chi connectivity index (χ0v) is 20.4. The summed E-state index contributed by atoms with van der Waals surface area (Å²) < 4.78 is 31.3. The van der Waals surface area contributed by atoms with Gasteiger partial charge in [-0.1, -0.05) is 48.5 Å². The van der Waals surface area contributed by atoms with E-state index in [-0.39, 0.29) is 16.8 Å². The zero-order chi connectivity index (χ0) is 26.2. The smallest absolute Gasteiger partial charge is 0.295 e. The summed E-state index contributed by atoms with van der Waals surface area (Å²) in [6.45, 7) is 0.346. The van der Waals surface area contributed by atoms with Gasteiger partial charge >= 0.3 is 0 Å². The molecule has 4 aromatic carbocycles. The second-order valence-corrected chi connectivity index (χ2v) is 8.91. The van der Waals surface area contributed by atoms with E-state index in [1.807, 2.05) is 30.3 Å². The number of carbonyl (C=O) groups is 1. The van der Waals surface area contributed by atoms with Crippen LogP contribution in [-0.4, -0.2) is 13.0 Å². The molecule has 0 saturated heterocycles. The summed E-state index contributed by atoms with van der Waals surface area (Å²) in [7, 11) is 1.53. The number of nitrogens with zero attached hydrogens (tertiary/aromatic N) is 1. The van der Waals surface area contributed by atoms with Crippen LogP contribution in [0.15, 0.2) is 106 Å². The highest BCUT2D eigenvalue weighted by atomic mass is 19.1. The fraction of sp³-hybridized carbons (Fsp3) is 0.0968. The maximum Gasteiger partial charge on any atom is 0.295 e. The van der Waals surface area contributed by atoms with Crippen LogP contribution in [0, 0.1) is 5.82 Å². The molecule has 6 rings (SSSR count). The number of anilines is 1. The molecule has 1 aliphatic heterocycles. The van der Waals surface area contributed by atoms with Crippen LogP contribution in [0.2, 0.25) is 0 Å². The largest absolute Gasteiger partial charge is 0.493 e. The number of fused-ring (bicyclic) bond motifs is 2. The SMILES string of the molecule is COc1cc(C2c3c(oc4ccccc4c3=O)C(=O)N2c2ccc(F)cc2)ccc1OCc1ccccc1. The lowest BCUT2D eigenvalue weighted by Gasteiger charge is -2.26. The molecule has 0 spiro atoms. The van der Waals surface area contributed by atoms with E-state index in [9.17, 15) is 14.0 Å². The molecule has 0 fully saturated rings. The molecule has 0 radical (unpaired) electrons. The van der Waals surface area contributed by atoms with E-state index >= 15 is 0 Å². The Morgan fingerprint density at radius 1 is 0.868 bits per heavy atom. The normalized spacial score (nSPS) is 14.5. The van der Waals surface area contributed by atoms with Crippen LogP contribution in [0.4, 0.5) is 10.1 Å². The lowest BCUT2D eigenvalue weighted by atomic mass is 9.97. The van der Waals surface area contributed by atoms with Crippen LogP contribution in [-0.2, 0) is 6.61 Å². The van der Waals surface area contributed by atoms with Gasteiger partial charge in [-0.05, 0) is 59.7 Å². The Labute approximate surface area is 217 Å². The van der Waals surface area contributed by atoms with E-state index < -0.39 is 17.8 Å². The summed E-state index contributed by atoms with van der Waals surface area (Å²) in [6, 6.07) is 26.6. The first-order chi connectivity index (χ1) is 18.5. The molecule has 1 amide bonds. The Morgan fingerprint density at radius 2 is 1.61 bits per heavy atom. The third-order valence-corrected chi connectivity index (χ3v) is 6.62. The predicted octanol–water partition coefficient (Wildman–Crippen LogP) is 6.27. The monoisotopic (exact) mass is 507 g/mol. The number of hydrogen-bond donors (Lipinski definition) is 0. The van der Waals surface area contributed by atoms with Gasteiger partial charge in [0, 0.05) is 5.69 Å². The van der Waals surface area contributed by atoms with Crippen molar-refractivity contribution in [1.82, 2.24) is 0 Å². The van der Waals surface area contributed by atoms with Crippen LogP contribution in [0.1, 0.15) is 33.3 Å². The van der Waals surface area contributed by atoms with Crippen molar-refractivity contribution < 1.29 is 23.1 Å². The number of carbonyl (C=O) groups excluding carboxylic acids is 1. The van der Waals surface area contributed by atoms with Gasteiger partial charge in [0.1, 0.15) is 18.0 Å². The van der Waals surface area contributed by atoms with Crippen molar-refractivity contribution in [1.29, 1.82) is 0 Å². The van der Waals surface area contributed by atoms with Crippen molar-refractivity contribution >= 4 is 22.6 Å². The van der Waals surface area contributed by atoms with E-state index in [1.165, 1.54) is 36.3 Å². The number of para-hydroxylation sites is 1. The Balaban J connectivity index is 1.48. The standard InChI is InChI=1S/C31H22FNO5/c1-36-26-17-20(11-16-25(26)37-18-19-7-3-2-4-8-19)28-27-29(34)23-9-5-6-10-24(23)38-30(27)31(35)33(28)22-14-12-21(32)13-15-22/h2-17,28H,18H2,1H3. The Hall–Kier alpha value is -4.91. The highest BCUT2D eigenvalue weighted by Gasteiger charge is 2.44. The Kier molecular flexibility index (Phi) is 5.88. The Bertz CT molecular complexity index is 1710. The van der Waals surface area contributed by atoms with Crippen molar-refractivity contribution in [2.45, 2.75) is 12.6 Å². The van der Waals surface area contributed by atoms with Gasteiger partial charge in [0.2, 0.25) is 5.76 Å². The van der Waals surface area contributed by atoms with Gasteiger partial charge in [-0.3, -0.25) is 14.5 Å². The van der Waals surface area contributed by atoms with Gasteiger partial charge in [0.15, 0.2) is 16.9 Å². The number of hydrogen-bond acceptors (Lipinski definition) is 5. The van der Waals surface area contributed by atoms with Crippen molar-refractivity contribution in [3.05, 3.63) is 136 Å². The molecule has 5 aromatic rings. The molecule has 0 bridgehead atoms. The second-order valence-electron chi connectivity index (χ2n) is 8.91. The quantitative estimate of drug-likeness (QED) is 0.271. The molecule has 1 unspecified atom stereocenters. The first kappa shape index (κ1) is 23.5. The molecule has 1 atom stereocenters. The number of amides is 1. The topological polar surface area (TPSA) is 69.0 Å². The van der Waals surface area contributed by atoms with E-state index in [2.05, 4.69) is 0 Å². The summed E-state index contributed by atoms with van der Waals surface area (Å²) in [6.07, 6.45) is 0. The number of benzene rings is 4. The van der Waals surface area contributed by atoms with E-state index in [1.54, 1.807) is 42.5 Å². The third kappa shape index (κ3) is 3.98. The number of rotatable bonds is 6. The highest BCUT2D eigenvalue weighted by Crippen LogP contribution is 2.43. The summed E-state index contributed by atoms with van der Waals surface area (Å²) >= 11 is 0. The number of halogens is 1. The highest BCUT2D eigenvalue weighted by molar-refractivity contribution is 6.10. The van der Waals surface area contributed by atoms with Crippen molar-refractivity contribution in [2.24, 2.45) is 0 Å². The molecule has 1 aromatic heterocycles. The molecule has 7 heteroatoms. The fourth-order valence-corrected chi connectivity index (χ4v) is 4.81. The predicted molar refractivity (Wildman–Crippen MR) is 141 cm³/mol. The van der Waals surface area contributed by atoms with Crippen molar-refractivity contribution in [2.75, 3.05) is 12.0 Å². The van der Waals surface area contributed by atoms with Gasteiger partial charge < -0.3 is 13.9 Å². The van der Waals surface area contributed by atoms with Gasteiger partial charge in [-0.2, -0.15) is 0 Å². The molecule has 0 aliphatic carbocycles. The van der Waals surface area contributed by atoms with Crippen LogP contribution >= 0.6 is 0 Å². The average molecular weight is 508 g/mol. The fourth-order valence-electron chi connectivity index (χ4n) is 4.81. The molecule has 2 heterocycles. The van der Waals surface area contributed by atoms with Crippen LogP contribution in [0.3, 0.4) is 0 Å². The minimum Gasteiger partial charge on any atom is -0.493 e. The Morgan fingerprint density at radius 3 is 2.37 bits per heavy atom. The lowest BCUT2D eigenvalue weighted by Crippen LogP contribution is -2.29. The molecule has 38 heavy (non-hydrogen) atoms. The number of methoxy groups -OCH3 is 1. The molecular formula is C31H22FNO5. The van der Waals surface area contributed by atoms with Crippen molar-refractivity contribution in [3.8, 4) is 11.5 Å². The van der Waals surface area contributed by atoms with E-state index in [0.717, 1.165) is 5.56 Å². The van der Waals surface area contributed by atoms with Gasteiger partial charge in [-0.25, -0.2) is 4.39 Å². The maximum absolute atomic E-state index is 13.7. The summed E-state index contributed by atoms with van der Waals surface area (Å²) in [5.74, 6) is 0.0114. The molecule has 188 valence electrons. The maximum atomic E-state index is 13.7. The summed E-state index contributed by atoms with van der Waals surface area (Å²) in [5.41, 5.74) is 2.30. The lowest BCUT2D eigenvalue weighted by molar-refractivity contribution is 0.0971. The summed E-state index contributed by atoms with van der Waals surface area (Å²) in [4.78, 5) is 28.8. The summed E-state index contributed by atoms with van der Waals surface area (Å²) in [5, 5.41) is 0.375. The minimum atomic E-state index is -0.819. The molecule has 0 saturated carbocycles. The van der Waals surface area contributed by atoms with Crippen molar-refractivity contribution in [3.63, 3.8) is 0 Å². The first-order valence-electron chi connectivity index (χ1n) is 12.0. The first-order valence-corrected chi connectivity index (χ1v) is 12.0. The molecule has 1 aliphatic rings. The van der Waals surface area contributed by atoms with Crippen LogP contribution < -0.4 is 19.8 Å². The zero-order valence-electron chi connectivity index (χ0n) is 20.4. The van der Waals surface area contributed by atoms with E-state index in [4.69, 9.17) is 13.9 Å². The third-order valence-electron chi connectivity index (χ3n) is 6.62. The van der Waals surface area contributed by atoms with Crippen LogP contribution in [0.25, 0.3) is 11.0 Å². The average Bonchev–Trinajstić information content (AvgIpc) is 3.25.